The summed E-state index contributed by atoms with van der Waals surface area (Å²) in [6, 6.07) is 6.29. The van der Waals surface area contributed by atoms with Gasteiger partial charge in [-0.25, -0.2) is 0 Å². The molecule has 4 aromatic rings. The standard InChI is InChI=1S/C30H32O16/c1-9-3-13-19-16(42-9)6-12(31)7-17(19)44-27(11-4-14(32)21(35)15(33)5-11)28(13)46-30-26(40)24(38)22(36)18(45-30)8-41-29-25(39)23(37)20(34)10(2)43-29/h3-7,10,18,20,22-26,29-30,32-40H,8H2,1-2H3/p+1. The van der Waals surface area contributed by atoms with Gasteiger partial charge in [0, 0.05) is 10.9 Å². The van der Waals surface area contributed by atoms with Gasteiger partial charge in [0.15, 0.2) is 35.0 Å². The Morgan fingerprint density at radius 1 is 0.739 bits per heavy atom. The van der Waals surface area contributed by atoms with Crippen LogP contribution in [0.15, 0.2) is 39.2 Å². The summed E-state index contributed by atoms with van der Waals surface area (Å²) in [5, 5.41) is 93.7. The minimum absolute atomic E-state index is 0.0209. The van der Waals surface area contributed by atoms with Gasteiger partial charge in [-0.2, -0.15) is 0 Å². The maximum absolute atomic E-state index is 10.9. The predicted octanol–water partition coefficient (Wildman–Crippen LogP) is -0.694. The van der Waals surface area contributed by atoms with Gasteiger partial charge < -0.3 is 73.7 Å². The fraction of sp³-hybridized carbons (Fsp3) is 0.433. The Bertz CT molecular complexity index is 1790. The highest BCUT2D eigenvalue weighted by molar-refractivity contribution is 6.09. The fourth-order valence-electron chi connectivity index (χ4n) is 5.59. The molecule has 2 aliphatic rings. The number of phenols is 3. The largest absolute Gasteiger partial charge is 0.504 e. The molecule has 0 spiro atoms. The normalized spacial score (nSPS) is 31.8. The van der Waals surface area contributed by atoms with Crippen molar-refractivity contribution in [1.29, 1.82) is 0 Å². The van der Waals surface area contributed by atoms with E-state index in [1.807, 2.05) is 0 Å². The molecule has 2 aliphatic heterocycles. The van der Waals surface area contributed by atoms with E-state index in [2.05, 4.69) is 0 Å². The lowest BCUT2D eigenvalue weighted by Crippen LogP contribution is -2.61. The van der Waals surface area contributed by atoms with Crippen LogP contribution in [0.3, 0.4) is 0 Å². The van der Waals surface area contributed by atoms with Crippen molar-refractivity contribution < 1.29 is 78.5 Å². The van der Waals surface area contributed by atoms with Crippen LogP contribution >= 0.6 is 0 Å². The van der Waals surface area contributed by atoms with Crippen molar-refractivity contribution in [3.8, 4) is 34.3 Å². The van der Waals surface area contributed by atoms with Gasteiger partial charge in [0.25, 0.3) is 0 Å². The second-order valence-corrected chi connectivity index (χ2v) is 11.4. The summed E-state index contributed by atoms with van der Waals surface area (Å²) in [6.45, 7) is 2.52. The number of phenolic OH excluding ortho intramolecular Hbond substituents is 3. The molecule has 2 fully saturated rings. The molecule has 10 N–H and O–H groups in total. The zero-order chi connectivity index (χ0) is 33.2. The topological polar surface area (TPSA) is 267 Å². The Balaban J connectivity index is 1.40. The summed E-state index contributed by atoms with van der Waals surface area (Å²) in [5.41, 5.74) is 0.0355. The van der Waals surface area contributed by atoms with Crippen molar-refractivity contribution in [1.82, 2.24) is 0 Å². The Hall–Kier alpha value is -3.97. The van der Waals surface area contributed by atoms with E-state index in [9.17, 15) is 50.8 Å². The van der Waals surface area contributed by atoms with Gasteiger partial charge in [0.2, 0.25) is 6.29 Å². The van der Waals surface area contributed by atoms with Crippen LogP contribution in [0.25, 0.3) is 33.3 Å². The maximum Gasteiger partial charge on any atom is 0.347 e. The lowest BCUT2D eigenvalue weighted by atomic mass is 9.98. The zero-order valence-electron chi connectivity index (χ0n) is 24.3. The van der Waals surface area contributed by atoms with E-state index in [0.717, 1.165) is 12.1 Å². The molecule has 2 aromatic carbocycles. The van der Waals surface area contributed by atoms with Crippen molar-refractivity contribution in [3.63, 3.8) is 0 Å². The number of hydrogen-bond donors (Lipinski definition) is 9. The summed E-state index contributed by atoms with van der Waals surface area (Å²) in [4.78, 5) is 10.3. The average Bonchev–Trinajstić information content (AvgIpc) is 3.00. The first-order valence-electron chi connectivity index (χ1n) is 14.2. The smallest absolute Gasteiger partial charge is 0.347 e. The third-order valence-corrected chi connectivity index (χ3v) is 8.07. The number of benzene rings is 2. The summed E-state index contributed by atoms with van der Waals surface area (Å²) in [6.07, 6.45) is -15.5. The molecule has 2 saturated heterocycles. The van der Waals surface area contributed by atoms with Crippen LogP contribution in [0.1, 0.15) is 12.7 Å². The lowest BCUT2D eigenvalue weighted by Gasteiger charge is -2.42. The number of rotatable bonds is 6. The highest BCUT2D eigenvalue weighted by atomic mass is 16.7. The minimum Gasteiger partial charge on any atom is -0.504 e. The molecule has 10 atom stereocenters. The quantitative estimate of drug-likeness (QED) is 0.0924. The van der Waals surface area contributed by atoms with Gasteiger partial charge in [-0.1, -0.05) is 0 Å². The summed E-state index contributed by atoms with van der Waals surface area (Å²) < 4.78 is 34.7. The van der Waals surface area contributed by atoms with Crippen LogP contribution in [-0.2, 0) is 14.2 Å². The van der Waals surface area contributed by atoms with Gasteiger partial charge >= 0.3 is 5.43 Å². The molecule has 10 unspecified atom stereocenters. The molecule has 46 heavy (non-hydrogen) atoms. The van der Waals surface area contributed by atoms with E-state index in [-0.39, 0.29) is 39.1 Å². The molecule has 6 rings (SSSR count). The number of aliphatic hydroxyl groups is 6. The van der Waals surface area contributed by atoms with Gasteiger partial charge in [-0.15, -0.1) is 0 Å². The first-order valence-corrected chi connectivity index (χ1v) is 14.2. The number of aromatic hydroxyl groups is 3. The van der Waals surface area contributed by atoms with Crippen molar-refractivity contribution in [2.75, 3.05) is 6.61 Å². The molecule has 16 nitrogen and oxygen atoms in total. The summed E-state index contributed by atoms with van der Waals surface area (Å²) in [5.74, 6) is -2.21. The Labute approximate surface area is 258 Å². The third-order valence-electron chi connectivity index (χ3n) is 8.07. The van der Waals surface area contributed by atoms with Crippen LogP contribution in [0.2, 0.25) is 0 Å². The SMILES string of the molecule is Cc1cc2c(OC3OC(COC4OC(C)C(O)C(O)C4O)C(O)C(O)C3O)c(-c3cc(O)c(O)c(O)c3)oc3cc(=[OH+])cc(o1)c32. The van der Waals surface area contributed by atoms with Crippen molar-refractivity contribution in [2.45, 2.75) is 75.3 Å². The molecule has 0 amide bonds. The number of aryl methyl sites for hydroxylation is 1. The van der Waals surface area contributed by atoms with E-state index >= 15 is 0 Å². The highest BCUT2D eigenvalue weighted by Gasteiger charge is 2.47. The molecule has 0 saturated carbocycles. The van der Waals surface area contributed by atoms with Crippen LogP contribution < -0.4 is 10.2 Å². The van der Waals surface area contributed by atoms with Gasteiger partial charge in [-0.3, -0.25) is 4.79 Å². The van der Waals surface area contributed by atoms with Crippen molar-refractivity contribution >= 4 is 21.9 Å². The highest BCUT2D eigenvalue weighted by Crippen LogP contribution is 2.46. The van der Waals surface area contributed by atoms with E-state index < -0.39 is 85.3 Å². The number of aliphatic hydroxyl groups excluding tert-OH is 6. The predicted molar refractivity (Wildman–Crippen MR) is 152 cm³/mol. The van der Waals surface area contributed by atoms with E-state index in [0.29, 0.717) is 11.1 Å². The number of ether oxygens (including phenoxy) is 4. The average molecular weight is 650 g/mol. The second-order valence-electron chi connectivity index (χ2n) is 11.4. The fourth-order valence-corrected chi connectivity index (χ4v) is 5.59. The van der Waals surface area contributed by atoms with Crippen LogP contribution in [-0.4, -0.2) is 119 Å². The molecular weight excluding hydrogens is 616 g/mol. The Morgan fingerprint density at radius 2 is 1.35 bits per heavy atom. The van der Waals surface area contributed by atoms with Crippen LogP contribution in [0.4, 0.5) is 0 Å². The lowest BCUT2D eigenvalue weighted by molar-refractivity contribution is -0.318. The van der Waals surface area contributed by atoms with Crippen molar-refractivity contribution in [3.05, 3.63) is 41.5 Å². The molecule has 248 valence electrons. The Kier molecular flexibility index (Phi) is 8.34. The minimum atomic E-state index is -1.86. The Morgan fingerprint density at radius 3 is 2.02 bits per heavy atom. The molecule has 0 aliphatic carbocycles. The summed E-state index contributed by atoms with van der Waals surface area (Å²) >= 11 is 0. The zero-order valence-corrected chi connectivity index (χ0v) is 24.3. The third kappa shape index (κ3) is 5.53. The molecular formula is C30H33O16+. The monoisotopic (exact) mass is 649 g/mol. The number of hydrogen-bond acceptors (Lipinski definition) is 15. The summed E-state index contributed by atoms with van der Waals surface area (Å²) in [7, 11) is 0. The van der Waals surface area contributed by atoms with Crippen molar-refractivity contribution in [2.24, 2.45) is 0 Å². The molecule has 4 heterocycles. The van der Waals surface area contributed by atoms with Crippen LogP contribution in [0.5, 0.6) is 23.0 Å². The second kappa shape index (κ2) is 12.0. The first-order chi connectivity index (χ1) is 21.7. The van der Waals surface area contributed by atoms with Gasteiger partial charge in [0.05, 0.1) is 30.2 Å². The maximum atomic E-state index is 10.9. The van der Waals surface area contributed by atoms with Crippen LogP contribution in [0, 0.1) is 6.92 Å². The van der Waals surface area contributed by atoms with E-state index in [1.54, 1.807) is 13.0 Å². The molecule has 16 heteroatoms. The van der Waals surface area contributed by atoms with E-state index in [4.69, 9.17) is 27.8 Å². The first kappa shape index (κ1) is 32.0. The molecule has 0 radical (unpaired) electrons. The van der Waals surface area contributed by atoms with Gasteiger partial charge in [-0.05, 0) is 32.0 Å². The van der Waals surface area contributed by atoms with E-state index in [1.165, 1.54) is 19.1 Å². The van der Waals surface area contributed by atoms with Gasteiger partial charge in [0.1, 0.15) is 59.7 Å². The molecule has 2 aromatic heterocycles. The molecule has 0 bridgehead atoms.